The van der Waals surface area contributed by atoms with Crippen LogP contribution in [0.4, 0.5) is 5.69 Å². The molecule has 0 spiro atoms. The number of ketones is 1. The predicted octanol–water partition coefficient (Wildman–Crippen LogP) is 9.96. The molecule has 5 aromatic carbocycles. The van der Waals surface area contributed by atoms with Crippen LogP contribution in [-0.4, -0.2) is 35.4 Å². The van der Waals surface area contributed by atoms with Gasteiger partial charge in [-0.25, -0.2) is 4.98 Å². The molecule has 6 aromatic rings. The summed E-state index contributed by atoms with van der Waals surface area (Å²) < 4.78 is 37.1. The molecule has 1 atom stereocenters. The Morgan fingerprint density at radius 3 is 2.00 bits per heavy atom. The molecule has 274 valence electrons. The quantitative estimate of drug-likeness (QED) is 0.0833. The van der Waals surface area contributed by atoms with Crippen molar-refractivity contribution in [3.8, 4) is 22.6 Å². The fourth-order valence-electron chi connectivity index (χ4n) is 6.19. The van der Waals surface area contributed by atoms with E-state index in [0.717, 1.165) is 44.5 Å². The number of hydrogen-bond acceptors (Lipinski definition) is 6. The van der Waals surface area contributed by atoms with Gasteiger partial charge < -0.3 is 15.9 Å². The Balaban J connectivity index is 0.00000541. The summed E-state index contributed by atoms with van der Waals surface area (Å²) in [6, 6.07) is 36.9. The van der Waals surface area contributed by atoms with Crippen LogP contribution < -0.4 is 11.5 Å². The van der Waals surface area contributed by atoms with Gasteiger partial charge >= 0.3 is 0 Å². The third-order valence-corrected chi connectivity index (χ3v) is 10.1. The highest BCUT2D eigenvalue weighted by Crippen LogP contribution is 2.31. The van der Waals surface area contributed by atoms with Gasteiger partial charge in [0.2, 0.25) is 11.8 Å². The number of benzene rings is 5. The van der Waals surface area contributed by atoms with Crippen LogP contribution in [0.2, 0.25) is 0 Å². The number of oxazole rings is 1. The number of rotatable bonds is 12. The van der Waals surface area contributed by atoms with Crippen LogP contribution >= 0.6 is 0 Å². The highest BCUT2D eigenvalue weighted by molar-refractivity contribution is 7.85. The number of nitrogens with zero attached hydrogens (tertiary/aromatic N) is 1. The summed E-state index contributed by atoms with van der Waals surface area (Å²) in [5.41, 5.74) is 9.57. The largest absolute Gasteiger partial charge is 0.436 e. The third kappa shape index (κ3) is 9.72. The number of carbonyl (C=O) groups is 2. The van der Waals surface area contributed by atoms with E-state index >= 15 is 0 Å². The molecular weight excluding hydrogens is 687 g/mol. The number of amides is 1. The second-order valence-electron chi connectivity index (χ2n) is 14.2. The van der Waals surface area contributed by atoms with Gasteiger partial charge in [0.05, 0.1) is 11.7 Å². The van der Waals surface area contributed by atoms with Crippen LogP contribution in [0.1, 0.15) is 72.1 Å². The summed E-state index contributed by atoms with van der Waals surface area (Å²) in [4.78, 5) is 31.3. The normalized spacial score (nSPS) is 12.2. The second-order valence-corrected chi connectivity index (χ2v) is 15.8. The smallest absolute Gasteiger partial charge is 0.264 e. The monoisotopic (exact) mass is 732 g/mol. The molecule has 0 radical (unpaired) electrons. The van der Waals surface area contributed by atoms with Gasteiger partial charge in [0.1, 0.15) is 5.52 Å². The highest BCUT2D eigenvalue weighted by Gasteiger charge is 2.23. The molecule has 0 fully saturated rings. The number of fused-ring (bicyclic) bond motifs is 1. The molecule has 6 N–H and O–H groups in total. The van der Waals surface area contributed by atoms with E-state index < -0.39 is 21.8 Å². The van der Waals surface area contributed by atoms with Gasteiger partial charge in [0.15, 0.2) is 11.4 Å². The number of anilines is 1. The van der Waals surface area contributed by atoms with E-state index in [0.29, 0.717) is 23.6 Å². The number of quaternary nitrogens is 1. The Labute approximate surface area is 310 Å². The van der Waals surface area contributed by atoms with Gasteiger partial charge in [-0.05, 0) is 88.9 Å². The number of para-hydroxylation sites is 1. The van der Waals surface area contributed by atoms with Crippen LogP contribution in [-0.2, 0) is 26.7 Å². The third-order valence-electron chi connectivity index (χ3n) is 9.25. The van der Waals surface area contributed by atoms with E-state index in [-0.39, 0.29) is 36.1 Å². The maximum Gasteiger partial charge on any atom is 0.264 e. The Morgan fingerprint density at radius 1 is 0.811 bits per heavy atom. The summed E-state index contributed by atoms with van der Waals surface area (Å²) in [6.07, 6.45) is 0.414. The first kappa shape index (κ1) is 38.8. The van der Waals surface area contributed by atoms with Crippen molar-refractivity contribution in [2.75, 3.05) is 11.1 Å². The van der Waals surface area contributed by atoms with Crippen molar-refractivity contribution >= 4 is 38.6 Å². The standard InChI is InChI=1S/C43H42N2O6S.H3N/c1-28-7-5-8-38-40(28)51-42(45-38)34-20-24-36(25-21-34)44-41(47)37(27-29-10-12-33(13-11-29)39(46)9-6-26-52(48,49)50)32-16-14-30(15-17-32)31-18-22-35(23-19-31)43(2,3)4;/h5,7-8,10-25,37H,6,9,26-27H2,1-4H3,(H,44,47)(H,48,49,50);1H3/p+1/t37-;/m1./s1. The van der Waals surface area contributed by atoms with Crippen molar-refractivity contribution in [2.45, 2.75) is 58.3 Å². The van der Waals surface area contributed by atoms with Gasteiger partial charge in [-0.3, -0.25) is 14.1 Å². The molecule has 0 aliphatic carbocycles. The average molecular weight is 733 g/mol. The van der Waals surface area contributed by atoms with Crippen LogP contribution in [0.3, 0.4) is 0 Å². The minimum Gasteiger partial charge on any atom is -0.436 e. The first-order chi connectivity index (χ1) is 24.7. The molecule has 1 heterocycles. The molecule has 6 rings (SSSR count). The molecule has 1 amide bonds. The Hall–Kier alpha value is -5.42. The van der Waals surface area contributed by atoms with Crippen molar-refractivity contribution in [1.29, 1.82) is 0 Å². The van der Waals surface area contributed by atoms with Crippen molar-refractivity contribution < 1.29 is 27.0 Å². The van der Waals surface area contributed by atoms with Crippen LogP contribution in [0.25, 0.3) is 33.7 Å². The number of aromatic nitrogens is 1. The summed E-state index contributed by atoms with van der Waals surface area (Å²) in [6.45, 7) is 8.55. The fraction of sp³-hybridized carbons (Fsp3) is 0.233. The highest BCUT2D eigenvalue weighted by atomic mass is 32.2. The molecule has 1 aromatic heterocycles. The Morgan fingerprint density at radius 2 is 1.42 bits per heavy atom. The molecule has 9 nitrogen and oxygen atoms in total. The van der Waals surface area contributed by atoms with Gasteiger partial charge in [-0.1, -0.05) is 106 Å². The Kier molecular flexibility index (Phi) is 11.8. The zero-order valence-corrected chi connectivity index (χ0v) is 31.5. The fourth-order valence-corrected chi connectivity index (χ4v) is 6.70. The first-order valence-corrected chi connectivity index (χ1v) is 18.9. The molecule has 10 heteroatoms. The van der Waals surface area contributed by atoms with E-state index in [1.54, 1.807) is 12.1 Å². The number of nitrogens with one attached hydrogen (secondary N) is 1. The molecule has 0 unspecified atom stereocenters. The van der Waals surface area contributed by atoms with Crippen LogP contribution in [0.5, 0.6) is 0 Å². The summed E-state index contributed by atoms with van der Waals surface area (Å²) in [5, 5.41) is 3.09. The SMILES string of the molecule is Cc1cccc2nc(-c3ccc(NC(=O)[C@H](Cc4ccc(C(=O)CCCS(=O)(=O)O)cc4)c4ccc(-c5ccc(C(C)(C)C)cc5)cc4)cc3)oc12.[NH4+]. The topological polar surface area (TPSA) is 163 Å². The number of hydrogen-bond donors (Lipinski definition) is 3. The van der Waals surface area contributed by atoms with E-state index in [2.05, 4.69) is 55.3 Å². The van der Waals surface area contributed by atoms with E-state index in [1.165, 1.54) is 5.56 Å². The van der Waals surface area contributed by atoms with Crippen molar-refractivity contribution in [3.05, 3.63) is 143 Å². The lowest BCUT2D eigenvalue weighted by Gasteiger charge is -2.20. The van der Waals surface area contributed by atoms with E-state index in [9.17, 15) is 18.0 Å². The zero-order valence-electron chi connectivity index (χ0n) is 30.7. The summed E-state index contributed by atoms with van der Waals surface area (Å²) >= 11 is 0. The van der Waals surface area contributed by atoms with Crippen molar-refractivity contribution in [1.82, 2.24) is 11.1 Å². The first-order valence-electron chi connectivity index (χ1n) is 17.3. The molecule has 0 bridgehead atoms. The van der Waals surface area contributed by atoms with E-state index in [1.807, 2.05) is 85.8 Å². The predicted molar refractivity (Wildman–Crippen MR) is 212 cm³/mol. The zero-order chi connectivity index (χ0) is 37.0. The lowest BCUT2D eigenvalue weighted by Crippen LogP contribution is -2.23. The molecule has 0 aliphatic rings. The minimum atomic E-state index is -4.12. The van der Waals surface area contributed by atoms with Gasteiger partial charge in [-0.2, -0.15) is 8.42 Å². The molecular formula is C43H46N3O6S+. The second kappa shape index (κ2) is 16.1. The van der Waals surface area contributed by atoms with E-state index in [4.69, 9.17) is 8.97 Å². The molecule has 53 heavy (non-hydrogen) atoms. The molecule has 0 saturated heterocycles. The van der Waals surface area contributed by atoms with Gasteiger partial charge in [-0.15, -0.1) is 0 Å². The van der Waals surface area contributed by atoms with Crippen molar-refractivity contribution in [3.63, 3.8) is 0 Å². The number of aryl methyl sites for hydroxylation is 1. The summed E-state index contributed by atoms with van der Waals surface area (Å²) in [5.74, 6) is -0.903. The van der Waals surface area contributed by atoms with Crippen LogP contribution in [0.15, 0.2) is 120 Å². The lowest BCUT2D eigenvalue weighted by molar-refractivity contribution is -0.117. The van der Waals surface area contributed by atoms with Crippen molar-refractivity contribution in [2.24, 2.45) is 0 Å². The van der Waals surface area contributed by atoms with Crippen LogP contribution in [0, 0.1) is 6.92 Å². The lowest BCUT2D eigenvalue weighted by atomic mass is 9.86. The molecule has 0 aliphatic heterocycles. The minimum absolute atomic E-state index is 0. The Bertz CT molecular complexity index is 2310. The average Bonchev–Trinajstić information content (AvgIpc) is 3.56. The van der Waals surface area contributed by atoms with Gasteiger partial charge in [0.25, 0.3) is 10.1 Å². The molecule has 0 saturated carbocycles. The summed E-state index contributed by atoms with van der Waals surface area (Å²) in [7, 11) is -4.12. The maximum atomic E-state index is 14.0. The number of Topliss-reactive ketones (excluding diaryl/α,β-unsaturated/α-hetero) is 1. The van der Waals surface area contributed by atoms with Gasteiger partial charge in [0, 0.05) is 23.2 Å². The maximum absolute atomic E-state index is 14.0. The number of carbonyl (C=O) groups excluding carboxylic acids is 2.